The van der Waals surface area contributed by atoms with Crippen molar-refractivity contribution in [1.29, 1.82) is 0 Å². The van der Waals surface area contributed by atoms with Crippen molar-refractivity contribution in [3.63, 3.8) is 0 Å². The Balaban J connectivity index is 1.50. The maximum atomic E-state index is 12.9. The summed E-state index contributed by atoms with van der Waals surface area (Å²) in [5.74, 6) is -0.0155. The van der Waals surface area contributed by atoms with Gasteiger partial charge in [-0.05, 0) is 42.7 Å². The summed E-state index contributed by atoms with van der Waals surface area (Å²) in [6, 6.07) is 16.0. The van der Waals surface area contributed by atoms with Crippen LogP contribution in [0.1, 0.15) is 18.4 Å². The summed E-state index contributed by atoms with van der Waals surface area (Å²) in [7, 11) is -3.54. The number of hydrogen-bond acceptors (Lipinski definition) is 4. The molecule has 0 radical (unpaired) electrons. The van der Waals surface area contributed by atoms with E-state index < -0.39 is 15.9 Å². The third-order valence-electron chi connectivity index (χ3n) is 5.68. The summed E-state index contributed by atoms with van der Waals surface area (Å²) in [4.78, 5) is 15.1. The van der Waals surface area contributed by atoms with Crippen LogP contribution in [0.3, 0.4) is 0 Å². The highest BCUT2D eigenvalue weighted by molar-refractivity contribution is 7.95. The zero-order valence-corrected chi connectivity index (χ0v) is 16.9. The number of nitrogens with one attached hydrogen (secondary N) is 1. The predicted molar refractivity (Wildman–Crippen MR) is 107 cm³/mol. The molecule has 1 unspecified atom stereocenters. The van der Waals surface area contributed by atoms with Crippen molar-refractivity contribution >= 4 is 27.9 Å². The standard InChI is InChI=1S/C20H22ClN3O3S/c21-17-8-6-16(7-9-17)14-23-15-22-19(25)20(23)10-12-24(13-11-20)28(26,27)18-4-2-1-3-5-18/h1-9H,10-15H2,(H-,22,25,26,27). The molecular weight excluding hydrogens is 398 g/mol. The number of hydrogen-bond donors (Lipinski definition) is 1. The highest BCUT2D eigenvalue weighted by Crippen LogP contribution is 2.36. The van der Waals surface area contributed by atoms with Gasteiger partial charge in [0.1, 0.15) is 5.54 Å². The molecule has 0 aromatic heterocycles. The molecule has 148 valence electrons. The van der Waals surface area contributed by atoms with E-state index in [2.05, 4.69) is 10.2 Å². The molecule has 1 atom stereocenters. The lowest BCUT2D eigenvalue weighted by Crippen LogP contribution is -2.57. The van der Waals surface area contributed by atoms with Crippen molar-refractivity contribution in [3.8, 4) is 0 Å². The number of carbonyl (C=O) groups excluding carboxylic acids is 1. The first-order valence-electron chi connectivity index (χ1n) is 9.25. The minimum Gasteiger partial charge on any atom is -0.593 e. The summed E-state index contributed by atoms with van der Waals surface area (Å²) >= 11 is 5.96. The quantitative estimate of drug-likeness (QED) is 0.773. The fourth-order valence-corrected chi connectivity index (χ4v) is 5.61. The normalized spacial score (nSPS) is 22.1. The van der Waals surface area contributed by atoms with Crippen LogP contribution in [0.15, 0.2) is 59.5 Å². The van der Waals surface area contributed by atoms with Crippen molar-refractivity contribution in [2.75, 3.05) is 19.8 Å². The minimum atomic E-state index is -3.54. The molecule has 8 heteroatoms. The fraction of sp³-hybridized carbons (Fsp3) is 0.350. The highest BCUT2D eigenvalue weighted by atomic mass is 35.5. The zero-order valence-electron chi connectivity index (χ0n) is 15.3. The van der Waals surface area contributed by atoms with Crippen LogP contribution in [0.25, 0.3) is 0 Å². The first kappa shape index (κ1) is 19.5. The highest BCUT2D eigenvalue weighted by Gasteiger charge is 2.52. The minimum absolute atomic E-state index is 0.0155. The van der Waals surface area contributed by atoms with Gasteiger partial charge in [-0.3, -0.25) is 9.69 Å². The summed E-state index contributed by atoms with van der Waals surface area (Å²) < 4.78 is 27.2. The van der Waals surface area contributed by atoms with E-state index in [0.717, 1.165) is 5.56 Å². The van der Waals surface area contributed by atoms with Crippen LogP contribution in [0.4, 0.5) is 0 Å². The van der Waals surface area contributed by atoms with Crippen LogP contribution in [0.2, 0.25) is 5.02 Å². The second kappa shape index (κ2) is 7.57. The predicted octanol–water partition coefficient (Wildman–Crippen LogP) is 2.67. The van der Waals surface area contributed by atoms with Gasteiger partial charge in [0.25, 0.3) is 0 Å². The number of nitrogens with zero attached hydrogens (tertiary/aromatic N) is 2. The van der Waals surface area contributed by atoms with Gasteiger partial charge in [-0.1, -0.05) is 46.1 Å². The van der Waals surface area contributed by atoms with Gasteiger partial charge in [0.15, 0.2) is 15.3 Å². The van der Waals surface area contributed by atoms with Gasteiger partial charge in [-0.15, -0.1) is 4.31 Å². The van der Waals surface area contributed by atoms with Crippen LogP contribution in [-0.4, -0.2) is 45.0 Å². The molecule has 1 spiro atoms. The Hall–Kier alpha value is -1.77. The van der Waals surface area contributed by atoms with Gasteiger partial charge >= 0.3 is 0 Å². The van der Waals surface area contributed by atoms with E-state index in [1.807, 2.05) is 24.3 Å². The number of benzene rings is 2. The van der Waals surface area contributed by atoms with E-state index in [9.17, 15) is 13.6 Å². The topological polar surface area (TPSA) is 75.7 Å². The molecular formula is C20H22ClN3O3S. The molecule has 2 aromatic rings. The molecule has 0 aliphatic carbocycles. The fourth-order valence-electron chi connectivity index (χ4n) is 4.03. The van der Waals surface area contributed by atoms with Gasteiger partial charge in [-0.2, -0.15) is 0 Å². The molecule has 28 heavy (non-hydrogen) atoms. The Labute approximate surface area is 170 Å². The number of carbonyl (C=O) groups is 1. The molecule has 4 rings (SSSR count). The smallest absolute Gasteiger partial charge is 0.241 e. The van der Waals surface area contributed by atoms with Crippen molar-refractivity contribution < 1.29 is 13.6 Å². The molecule has 2 aliphatic heterocycles. The number of rotatable bonds is 4. The van der Waals surface area contributed by atoms with Crippen molar-refractivity contribution in [3.05, 3.63) is 65.2 Å². The third kappa shape index (κ3) is 3.49. The second-order valence-corrected chi connectivity index (χ2v) is 9.61. The number of halogens is 1. The number of sulfonamides is 1. The average Bonchev–Trinajstić information content (AvgIpc) is 3.00. The lowest BCUT2D eigenvalue weighted by Gasteiger charge is -2.42. The Kier molecular flexibility index (Phi) is 5.28. The molecule has 0 saturated carbocycles. The Morgan fingerprint density at radius 1 is 1.07 bits per heavy atom. The SMILES string of the molecule is O=C1NCN(Cc2ccc(Cl)cc2)C12CCN([S+](=O)([O-])c1ccccc1)CC2. The summed E-state index contributed by atoms with van der Waals surface area (Å²) in [6.45, 7) is 1.72. The van der Waals surface area contributed by atoms with Crippen LogP contribution >= 0.6 is 11.6 Å². The van der Waals surface area contributed by atoms with Crippen LogP contribution in [0, 0.1) is 0 Å². The van der Waals surface area contributed by atoms with E-state index in [-0.39, 0.29) is 5.91 Å². The molecule has 2 fully saturated rings. The second-order valence-electron chi connectivity index (χ2n) is 7.24. The van der Waals surface area contributed by atoms with Gasteiger partial charge in [0.05, 0.1) is 6.67 Å². The molecule has 2 heterocycles. The van der Waals surface area contributed by atoms with Crippen molar-refractivity contribution in [2.24, 2.45) is 0 Å². The third-order valence-corrected chi connectivity index (χ3v) is 7.84. The van der Waals surface area contributed by atoms with E-state index in [1.165, 1.54) is 4.31 Å². The molecule has 2 aromatic carbocycles. The van der Waals surface area contributed by atoms with Crippen LogP contribution in [0.5, 0.6) is 0 Å². The van der Waals surface area contributed by atoms with Crippen molar-refractivity contribution in [1.82, 2.24) is 14.5 Å². The monoisotopic (exact) mass is 419 g/mol. The first-order valence-corrected chi connectivity index (χ1v) is 11.1. The van der Waals surface area contributed by atoms with E-state index in [4.69, 9.17) is 11.6 Å². The lowest BCUT2D eigenvalue weighted by molar-refractivity contribution is -0.128. The number of piperidine rings is 1. The summed E-state index contributed by atoms with van der Waals surface area (Å²) in [5, 5.41) is 3.61. The largest absolute Gasteiger partial charge is 0.593 e. The van der Waals surface area contributed by atoms with Gasteiger partial charge in [0, 0.05) is 24.7 Å². The van der Waals surface area contributed by atoms with Crippen LogP contribution in [-0.2, 0) is 25.9 Å². The molecule has 2 saturated heterocycles. The molecule has 2 aliphatic rings. The maximum absolute atomic E-state index is 12.9. The van der Waals surface area contributed by atoms with Gasteiger partial charge in [-0.25, -0.2) is 0 Å². The van der Waals surface area contributed by atoms with E-state index >= 15 is 0 Å². The Morgan fingerprint density at radius 2 is 1.71 bits per heavy atom. The maximum Gasteiger partial charge on any atom is 0.241 e. The zero-order chi connectivity index (χ0) is 19.8. The molecule has 0 bridgehead atoms. The molecule has 1 N–H and O–H groups in total. The number of amides is 1. The Morgan fingerprint density at radius 3 is 2.36 bits per heavy atom. The summed E-state index contributed by atoms with van der Waals surface area (Å²) in [5.41, 5.74) is 0.405. The molecule has 6 nitrogen and oxygen atoms in total. The van der Waals surface area contributed by atoms with Gasteiger partial charge in [0.2, 0.25) is 5.91 Å². The molecule has 1 amide bonds. The first-order chi connectivity index (χ1) is 13.4. The Bertz CT molecular complexity index is 899. The van der Waals surface area contributed by atoms with E-state index in [1.54, 1.807) is 30.3 Å². The average molecular weight is 420 g/mol. The lowest BCUT2D eigenvalue weighted by atomic mass is 9.86. The summed E-state index contributed by atoms with van der Waals surface area (Å²) in [6.07, 6.45) is 0.941. The van der Waals surface area contributed by atoms with Crippen LogP contribution < -0.4 is 5.32 Å². The van der Waals surface area contributed by atoms with Gasteiger partial charge < -0.3 is 9.87 Å². The van der Waals surface area contributed by atoms with E-state index in [0.29, 0.717) is 49.1 Å². The van der Waals surface area contributed by atoms with Crippen molar-refractivity contribution in [2.45, 2.75) is 29.8 Å².